The molecular weight excluding hydrogens is 244 g/mol. The zero-order valence-electron chi connectivity index (χ0n) is 13.4. The Morgan fingerprint density at radius 1 is 1.16 bits per heavy atom. The SMILES string of the molecule is CC(=O)OC(C)(C)C.CCC(C)CC(CC)C(=O)O. The van der Waals surface area contributed by atoms with Gasteiger partial charge in [0.25, 0.3) is 0 Å². The summed E-state index contributed by atoms with van der Waals surface area (Å²) in [5.41, 5.74) is -0.328. The Kier molecular flexibility index (Phi) is 10.5. The van der Waals surface area contributed by atoms with E-state index in [2.05, 4.69) is 13.8 Å². The largest absolute Gasteiger partial charge is 0.481 e. The third-order valence-corrected chi connectivity index (χ3v) is 2.68. The van der Waals surface area contributed by atoms with Gasteiger partial charge in [-0.2, -0.15) is 0 Å². The van der Waals surface area contributed by atoms with Crippen LogP contribution in [-0.2, 0) is 14.3 Å². The zero-order chi connectivity index (χ0) is 15.6. The van der Waals surface area contributed by atoms with Crippen molar-refractivity contribution in [2.45, 2.75) is 73.3 Å². The van der Waals surface area contributed by atoms with Crippen molar-refractivity contribution >= 4 is 11.9 Å². The van der Waals surface area contributed by atoms with Crippen LogP contribution in [0.5, 0.6) is 0 Å². The van der Waals surface area contributed by atoms with Crippen LogP contribution in [0.1, 0.15) is 67.7 Å². The number of esters is 1. The van der Waals surface area contributed by atoms with Gasteiger partial charge in [0.1, 0.15) is 5.60 Å². The van der Waals surface area contributed by atoms with Crippen LogP contribution in [0.4, 0.5) is 0 Å². The van der Waals surface area contributed by atoms with E-state index in [0.29, 0.717) is 5.92 Å². The van der Waals surface area contributed by atoms with Gasteiger partial charge in [-0.05, 0) is 39.5 Å². The standard InChI is InChI=1S/C9H18O2.C6H12O2/c1-4-7(3)6-8(5-2)9(10)11;1-5(7)8-6(2,3)4/h7-8H,4-6H2,1-3H3,(H,10,11);1-4H3. The molecule has 0 bridgehead atoms. The lowest BCUT2D eigenvalue weighted by Crippen LogP contribution is -2.21. The quantitative estimate of drug-likeness (QED) is 0.773. The Morgan fingerprint density at radius 2 is 1.63 bits per heavy atom. The molecule has 0 amide bonds. The summed E-state index contributed by atoms with van der Waals surface area (Å²) >= 11 is 0. The number of carboxylic acid groups (broad SMARTS) is 1. The van der Waals surface area contributed by atoms with Crippen LogP contribution in [0.3, 0.4) is 0 Å². The monoisotopic (exact) mass is 274 g/mol. The fraction of sp³-hybridized carbons (Fsp3) is 0.867. The molecule has 0 aromatic heterocycles. The molecular formula is C15H30O4. The predicted molar refractivity (Wildman–Crippen MR) is 77.0 cm³/mol. The smallest absolute Gasteiger partial charge is 0.306 e. The highest BCUT2D eigenvalue weighted by Gasteiger charge is 2.16. The summed E-state index contributed by atoms with van der Waals surface area (Å²) in [5.74, 6) is -0.466. The Labute approximate surface area is 117 Å². The van der Waals surface area contributed by atoms with E-state index < -0.39 is 5.97 Å². The minimum absolute atomic E-state index is 0.134. The number of carbonyl (C=O) groups excluding carboxylic acids is 1. The second-order valence-corrected chi connectivity index (χ2v) is 5.90. The first kappa shape index (κ1) is 20.3. The third-order valence-electron chi connectivity index (χ3n) is 2.68. The minimum Gasteiger partial charge on any atom is -0.481 e. The molecule has 19 heavy (non-hydrogen) atoms. The number of carboxylic acids is 1. The van der Waals surface area contributed by atoms with Crippen LogP contribution in [0.15, 0.2) is 0 Å². The van der Waals surface area contributed by atoms with E-state index in [1.807, 2.05) is 27.7 Å². The maximum atomic E-state index is 10.6. The summed E-state index contributed by atoms with van der Waals surface area (Å²) < 4.78 is 4.80. The lowest BCUT2D eigenvalue weighted by molar-refractivity contribution is -0.152. The third kappa shape index (κ3) is 14.9. The molecule has 0 aliphatic rings. The van der Waals surface area contributed by atoms with Crippen molar-refractivity contribution in [2.75, 3.05) is 0 Å². The van der Waals surface area contributed by atoms with Gasteiger partial charge >= 0.3 is 11.9 Å². The molecule has 0 rings (SSSR count). The van der Waals surface area contributed by atoms with Gasteiger partial charge in [0.15, 0.2) is 0 Å². The molecule has 0 fully saturated rings. The van der Waals surface area contributed by atoms with Crippen molar-refractivity contribution in [3.05, 3.63) is 0 Å². The second kappa shape index (κ2) is 9.82. The zero-order valence-corrected chi connectivity index (χ0v) is 13.4. The molecule has 0 aliphatic carbocycles. The Morgan fingerprint density at radius 3 is 1.79 bits per heavy atom. The van der Waals surface area contributed by atoms with Crippen molar-refractivity contribution < 1.29 is 19.4 Å². The number of rotatable bonds is 5. The van der Waals surface area contributed by atoms with Gasteiger partial charge in [-0.1, -0.05) is 27.2 Å². The van der Waals surface area contributed by atoms with E-state index in [9.17, 15) is 9.59 Å². The van der Waals surface area contributed by atoms with Crippen LogP contribution in [0.25, 0.3) is 0 Å². The van der Waals surface area contributed by atoms with Crippen LogP contribution in [-0.4, -0.2) is 22.6 Å². The molecule has 0 heterocycles. The Bertz CT molecular complexity index is 266. The summed E-state index contributed by atoms with van der Waals surface area (Å²) in [6.07, 6.45) is 2.64. The van der Waals surface area contributed by atoms with Gasteiger partial charge in [-0.3, -0.25) is 9.59 Å². The van der Waals surface area contributed by atoms with E-state index in [4.69, 9.17) is 9.84 Å². The minimum atomic E-state index is -0.646. The summed E-state index contributed by atoms with van der Waals surface area (Å²) in [4.78, 5) is 20.8. The van der Waals surface area contributed by atoms with Crippen LogP contribution >= 0.6 is 0 Å². The molecule has 4 nitrogen and oxygen atoms in total. The van der Waals surface area contributed by atoms with Crippen LogP contribution in [0, 0.1) is 11.8 Å². The first-order valence-corrected chi connectivity index (χ1v) is 6.95. The van der Waals surface area contributed by atoms with Crippen LogP contribution in [0.2, 0.25) is 0 Å². The molecule has 0 aromatic rings. The van der Waals surface area contributed by atoms with Crippen molar-refractivity contribution in [2.24, 2.45) is 11.8 Å². The van der Waals surface area contributed by atoms with Crippen molar-refractivity contribution in [3.8, 4) is 0 Å². The molecule has 114 valence electrons. The van der Waals surface area contributed by atoms with Gasteiger partial charge < -0.3 is 9.84 Å². The topological polar surface area (TPSA) is 63.6 Å². The Balaban J connectivity index is 0. The summed E-state index contributed by atoms with van der Waals surface area (Å²) in [6, 6.07) is 0. The summed E-state index contributed by atoms with van der Waals surface area (Å²) in [7, 11) is 0. The van der Waals surface area contributed by atoms with E-state index in [1.54, 1.807) is 0 Å². The lowest BCUT2D eigenvalue weighted by atomic mass is 9.92. The lowest BCUT2D eigenvalue weighted by Gasteiger charge is -2.17. The number of ether oxygens (including phenoxy) is 1. The highest BCUT2D eigenvalue weighted by atomic mass is 16.6. The molecule has 2 unspecified atom stereocenters. The first-order chi connectivity index (χ1) is 8.53. The predicted octanol–water partition coefficient (Wildman–Crippen LogP) is 3.88. The molecule has 0 spiro atoms. The molecule has 0 saturated carbocycles. The summed E-state index contributed by atoms with van der Waals surface area (Å²) in [5, 5.41) is 8.72. The van der Waals surface area contributed by atoms with Gasteiger partial charge in [0.05, 0.1) is 5.92 Å². The number of aliphatic carboxylic acids is 1. The molecule has 4 heteroatoms. The molecule has 1 N–H and O–H groups in total. The molecule has 0 radical (unpaired) electrons. The average Bonchev–Trinajstić information content (AvgIpc) is 2.22. The number of carbonyl (C=O) groups is 2. The normalized spacial score (nSPS) is 13.8. The molecule has 0 aliphatic heterocycles. The van der Waals surface area contributed by atoms with Crippen molar-refractivity contribution in [1.29, 1.82) is 0 Å². The molecule has 0 aromatic carbocycles. The van der Waals surface area contributed by atoms with E-state index in [0.717, 1.165) is 19.3 Å². The van der Waals surface area contributed by atoms with Gasteiger partial charge in [-0.15, -0.1) is 0 Å². The summed E-state index contributed by atoms with van der Waals surface area (Å²) in [6.45, 7) is 13.1. The Hall–Kier alpha value is -1.06. The fourth-order valence-corrected chi connectivity index (χ4v) is 1.53. The highest BCUT2D eigenvalue weighted by Crippen LogP contribution is 2.17. The van der Waals surface area contributed by atoms with Gasteiger partial charge in [-0.25, -0.2) is 0 Å². The van der Waals surface area contributed by atoms with E-state index in [1.165, 1.54) is 6.92 Å². The molecule has 0 saturated heterocycles. The number of hydrogen-bond acceptors (Lipinski definition) is 3. The molecule has 2 atom stereocenters. The first-order valence-electron chi connectivity index (χ1n) is 6.95. The van der Waals surface area contributed by atoms with E-state index >= 15 is 0 Å². The van der Waals surface area contributed by atoms with E-state index in [-0.39, 0.29) is 17.5 Å². The highest BCUT2D eigenvalue weighted by molar-refractivity contribution is 5.69. The average molecular weight is 274 g/mol. The maximum absolute atomic E-state index is 10.6. The fourth-order valence-electron chi connectivity index (χ4n) is 1.53. The van der Waals surface area contributed by atoms with Crippen molar-refractivity contribution in [1.82, 2.24) is 0 Å². The van der Waals surface area contributed by atoms with Crippen LogP contribution < -0.4 is 0 Å². The maximum Gasteiger partial charge on any atom is 0.306 e. The van der Waals surface area contributed by atoms with Crippen molar-refractivity contribution in [3.63, 3.8) is 0 Å². The van der Waals surface area contributed by atoms with Gasteiger partial charge in [0, 0.05) is 6.92 Å². The second-order valence-electron chi connectivity index (χ2n) is 5.90. The number of hydrogen-bond donors (Lipinski definition) is 1. The van der Waals surface area contributed by atoms with Gasteiger partial charge in [0.2, 0.25) is 0 Å².